The molecule has 0 bridgehead atoms. The Morgan fingerprint density at radius 3 is 2.82 bits per heavy atom. The van der Waals surface area contributed by atoms with E-state index in [-0.39, 0.29) is 0 Å². The maximum Gasteiger partial charge on any atom is 0.137 e. The van der Waals surface area contributed by atoms with Gasteiger partial charge in [-0.05, 0) is 49.1 Å². The van der Waals surface area contributed by atoms with Crippen LogP contribution in [0.15, 0.2) is 24.7 Å². The second-order valence-corrected chi connectivity index (χ2v) is 6.26. The highest BCUT2D eigenvalue weighted by molar-refractivity contribution is 6.13. The van der Waals surface area contributed by atoms with Gasteiger partial charge < -0.3 is 16.1 Å². The molecule has 0 spiro atoms. The summed E-state index contributed by atoms with van der Waals surface area (Å²) in [6.07, 6.45) is 13.1. The molecule has 1 aliphatic carbocycles. The van der Waals surface area contributed by atoms with Gasteiger partial charge >= 0.3 is 0 Å². The van der Waals surface area contributed by atoms with Crippen LogP contribution in [0, 0.1) is 11.3 Å². The van der Waals surface area contributed by atoms with Crippen LogP contribution >= 0.6 is 0 Å². The third-order valence-electron chi connectivity index (χ3n) is 5.09. The van der Waals surface area contributed by atoms with Gasteiger partial charge in [0.1, 0.15) is 5.65 Å². The molecule has 4 N–H and O–H groups in total. The molecule has 116 valence electrons. The highest BCUT2D eigenvalue weighted by atomic mass is 14.8. The summed E-state index contributed by atoms with van der Waals surface area (Å²) in [5.41, 5.74) is 9.50. The summed E-state index contributed by atoms with van der Waals surface area (Å²) >= 11 is 0. The molecule has 1 fully saturated rings. The third-order valence-corrected chi connectivity index (χ3v) is 5.09. The number of nitrogens with zero attached hydrogens (tertiary/aromatic N) is 1. The number of aromatic amines is 1. The first-order valence-corrected chi connectivity index (χ1v) is 8.16. The van der Waals surface area contributed by atoms with Crippen LogP contribution in [0.5, 0.6) is 0 Å². The molecule has 2 aromatic heterocycles. The molecule has 1 aliphatic rings. The highest BCUT2D eigenvalue weighted by Crippen LogP contribution is 2.37. The minimum absolute atomic E-state index is 0.618. The summed E-state index contributed by atoms with van der Waals surface area (Å²) < 4.78 is 0. The van der Waals surface area contributed by atoms with Crippen LogP contribution in [-0.2, 0) is 0 Å². The first-order valence-electron chi connectivity index (χ1n) is 8.16. The molecule has 0 aliphatic heterocycles. The van der Waals surface area contributed by atoms with E-state index in [4.69, 9.17) is 11.1 Å². The first kappa shape index (κ1) is 14.8. The number of aromatic nitrogens is 2. The van der Waals surface area contributed by atoms with Crippen LogP contribution in [0.3, 0.4) is 0 Å². The SMILES string of the molecule is CCC1CCC(c2cnc3[nH]cc(/C(C=N)=C/N)c3c2)CC1. The number of nitrogens with one attached hydrogen (secondary N) is 2. The minimum atomic E-state index is 0.618. The molecule has 4 heteroatoms. The van der Waals surface area contributed by atoms with Crippen LogP contribution < -0.4 is 5.73 Å². The predicted octanol–water partition coefficient (Wildman–Crippen LogP) is 4.20. The fourth-order valence-corrected chi connectivity index (χ4v) is 3.60. The van der Waals surface area contributed by atoms with Crippen LogP contribution in [0.25, 0.3) is 16.6 Å². The van der Waals surface area contributed by atoms with E-state index in [9.17, 15) is 0 Å². The van der Waals surface area contributed by atoms with Gasteiger partial charge in [-0.1, -0.05) is 13.3 Å². The fraction of sp³-hybridized carbons (Fsp3) is 0.444. The average Bonchev–Trinajstić information content (AvgIpc) is 2.99. The van der Waals surface area contributed by atoms with Crippen LogP contribution in [-0.4, -0.2) is 16.2 Å². The molecule has 0 saturated heterocycles. The first-order chi connectivity index (χ1) is 10.8. The van der Waals surface area contributed by atoms with Crippen molar-refractivity contribution in [3.05, 3.63) is 35.8 Å². The quantitative estimate of drug-likeness (QED) is 0.739. The lowest BCUT2D eigenvalue weighted by Gasteiger charge is -2.27. The van der Waals surface area contributed by atoms with E-state index in [1.54, 1.807) is 0 Å². The zero-order chi connectivity index (χ0) is 15.5. The van der Waals surface area contributed by atoms with Gasteiger partial charge in [0.15, 0.2) is 0 Å². The lowest BCUT2D eigenvalue weighted by molar-refractivity contribution is 0.318. The number of hydrogen-bond donors (Lipinski definition) is 3. The number of H-pyrrole nitrogens is 1. The van der Waals surface area contributed by atoms with E-state index in [1.165, 1.54) is 50.1 Å². The summed E-state index contributed by atoms with van der Waals surface area (Å²) in [6.45, 7) is 2.29. The Balaban J connectivity index is 1.92. The summed E-state index contributed by atoms with van der Waals surface area (Å²) in [6, 6.07) is 2.23. The predicted molar refractivity (Wildman–Crippen MR) is 92.0 cm³/mol. The third kappa shape index (κ3) is 2.65. The normalized spacial score (nSPS) is 22.9. The molecule has 2 heterocycles. The Labute approximate surface area is 131 Å². The largest absolute Gasteiger partial charge is 0.404 e. The Morgan fingerprint density at radius 2 is 2.18 bits per heavy atom. The van der Waals surface area contributed by atoms with Crippen molar-refractivity contribution in [3.63, 3.8) is 0 Å². The number of nitrogens with two attached hydrogens (primary N) is 1. The second kappa shape index (κ2) is 6.34. The molecule has 0 aromatic carbocycles. The number of pyridine rings is 1. The van der Waals surface area contributed by atoms with Gasteiger partial charge in [0.05, 0.1) is 0 Å². The van der Waals surface area contributed by atoms with E-state index >= 15 is 0 Å². The number of rotatable bonds is 4. The number of hydrogen-bond acceptors (Lipinski definition) is 3. The standard InChI is InChI=1S/C18H24N4/c1-2-12-3-5-13(6-4-12)14-7-16-17(15(8-19)9-20)11-22-18(16)21-10-14/h7-13,19H,2-6,20H2,1H3,(H,21,22)/b15-9+,19-8?. The van der Waals surface area contributed by atoms with Crippen molar-refractivity contribution >= 4 is 22.8 Å². The van der Waals surface area contributed by atoms with Gasteiger partial charge in [-0.2, -0.15) is 0 Å². The lowest BCUT2D eigenvalue weighted by Crippen LogP contribution is -2.12. The minimum Gasteiger partial charge on any atom is -0.404 e. The summed E-state index contributed by atoms with van der Waals surface area (Å²) in [5, 5.41) is 8.56. The second-order valence-electron chi connectivity index (χ2n) is 6.26. The van der Waals surface area contributed by atoms with Gasteiger partial charge in [-0.15, -0.1) is 0 Å². The van der Waals surface area contributed by atoms with Crippen LogP contribution in [0.1, 0.15) is 56.1 Å². The van der Waals surface area contributed by atoms with Crippen molar-refractivity contribution < 1.29 is 0 Å². The van der Waals surface area contributed by atoms with Crippen LogP contribution in [0.4, 0.5) is 0 Å². The van der Waals surface area contributed by atoms with E-state index in [0.29, 0.717) is 5.92 Å². The van der Waals surface area contributed by atoms with Crippen molar-refractivity contribution in [2.24, 2.45) is 11.7 Å². The zero-order valence-corrected chi connectivity index (χ0v) is 13.1. The molecule has 2 aromatic rings. The van der Waals surface area contributed by atoms with Crippen molar-refractivity contribution in [1.29, 1.82) is 5.41 Å². The molecular weight excluding hydrogens is 272 g/mol. The molecule has 1 saturated carbocycles. The lowest BCUT2D eigenvalue weighted by atomic mass is 9.78. The van der Waals surface area contributed by atoms with Crippen molar-refractivity contribution in [1.82, 2.24) is 9.97 Å². The van der Waals surface area contributed by atoms with Gasteiger partial charge in [-0.3, -0.25) is 0 Å². The molecule has 0 radical (unpaired) electrons. The van der Waals surface area contributed by atoms with Crippen molar-refractivity contribution in [2.75, 3.05) is 0 Å². The Bertz CT molecular complexity index is 690. The Kier molecular flexibility index (Phi) is 4.27. The Hall–Kier alpha value is -2.10. The molecule has 4 nitrogen and oxygen atoms in total. The number of fused-ring (bicyclic) bond motifs is 1. The van der Waals surface area contributed by atoms with Crippen LogP contribution in [0.2, 0.25) is 0 Å². The maximum absolute atomic E-state index is 7.50. The van der Waals surface area contributed by atoms with E-state index < -0.39 is 0 Å². The van der Waals surface area contributed by atoms with Gasteiger partial charge in [0.2, 0.25) is 0 Å². The highest BCUT2D eigenvalue weighted by Gasteiger charge is 2.22. The van der Waals surface area contributed by atoms with E-state index in [0.717, 1.165) is 28.1 Å². The number of allylic oxidation sites excluding steroid dienone is 1. The van der Waals surface area contributed by atoms with E-state index in [1.807, 2.05) is 12.4 Å². The molecule has 3 rings (SSSR count). The molecule has 0 unspecified atom stereocenters. The zero-order valence-electron chi connectivity index (χ0n) is 13.1. The van der Waals surface area contributed by atoms with Gasteiger partial charge in [0, 0.05) is 41.3 Å². The van der Waals surface area contributed by atoms with Crippen molar-refractivity contribution in [2.45, 2.75) is 44.9 Å². The van der Waals surface area contributed by atoms with Gasteiger partial charge in [-0.25, -0.2) is 4.98 Å². The van der Waals surface area contributed by atoms with Gasteiger partial charge in [0.25, 0.3) is 0 Å². The molecule has 0 amide bonds. The summed E-state index contributed by atoms with van der Waals surface area (Å²) in [4.78, 5) is 7.74. The fourth-order valence-electron chi connectivity index (χ4n) is 3.60. The molecular formula is C18H24N4. The molecule has 0 atom stereocenters. The average molecular weight is 296 g/mol. The Morgan fingerprint density at radius 1 is 1.41 bits per heavy atom. The monoisotopic (exact) mass is 296 g/mol. The summed E-state index contributed by atoms with van der Waals surface area (Å²) in [5.74, 6) is 1.52. The van der Waals surface area contributed by atoms with Crippen molar-refractivity contribution in [3.8, 4) is 0 Å². The topological polar surface area (TPSA) is 78.5 Å². The summed E-state index contributed by atoms with van der Waals surface area (Å²) in [7, 11) is 0. The maximum atomic E-state index is 7.50. The van der Waals surface area contributed by atoms with E-state index in [2.05, 4.69) is 23.0 Å². The molecule has 22 heavy (non-hydrogen) atoms. The smallest absolute Gasteiger partial charge is 0.137 e.